The van der Waals surface area contributed by atoms with E-state index in [1.807, 2.05) is 0 Å². The van der Waals surface area contributed by atoms with Crippen LogP contribution in [0.25, 0.3) is 11.0 Å². The van der Waals surface area contributed by atoms with E-state index in [2.05, 4.69) is 9.88 Å². The molecule has 1 fully saturated rings. The second-order valence-corrected chi connectivity index (χ2v) is 7.71. The van der Waals surface area contributed by atoms with Crippen LogP contribution in [0, 0.1) is 0 Å². The summed E-state index contributed by atoms with van der Waals surface area (Å²) in [5.41, 5.74) is 6.32. The molecule has 0 aliphatic carbocycles. The summed E-state index contributed by atoms with van der Waals surface area (Å²) < 4.78 is 6.92. The van der Waals surface area contributed by atoms with E-state index in [4.69, 9.17) is 10.5 Å². The molecule has 9 nitrogen and oxygen atoms in total. The molecule has 0 radical (unpaired) electrons. The molecule has 1 aromatic carbocycles. The average Bonchev–Trinajstić information content (AvgIpc) is 2.98. The van der Waals surface area contributed by atoms with Crippen LogP contribution < -0.4 is 10.6 Å². The number of rotatable bonds is 6. The van der Waals surface area contributed by atoms with Crippen LogP contribution in [0.1, 0.15) is 24.5 Å². The number of carbonyl (C=O) groups excluding carboxylic acids is 2. The van der Waals surface area contributed by atoms with Crippen molar-refractivity contribution in [2.24, 2.45) is 5.73 Å². The Bertz CT molecular complexity index is 880. The molecule has 9 heteroatoms. The van der Waals surface area contributed by atoms with Gasteiger partial charge in [0.1, 0.15) is 0 Å². The highest BCUT2D eigenvalue weighted by Gasteiger charge is 2.23. The number of primary amides is 1. The summed E-state index contributed by atoms with van der Waals surface area (Å²) in [7, 11) is 1.72. The molecule has 0 saturated carbocycles. The predicted octanol–water partition coefficient (Wildman–Crippen LogP) is 0.201. The highest BCUT2D eigenvalue weighted by atomic mass is 16.5. The number of morpholine rings is 1. The average molecular weight is 389 g/mol. The molecule has 152 valence electrons. The van der Waals surface area contributed by atoms with Gasteiger partial charge in [0.05, 0.1) is 42.9 Å². The number of benzene rings is 1. The first-order valence-electron chi connectivity index (χ1n) is 9.25. The Morgan fingerprint density at radius 1 is 1.32 bits per heavy atom. The van der Waals surface area contributed by atoms with Crippen molar-refractivity contribution in [1.29, 1.82) is 0 Å². The third-order valence-electron chi connectivity index (χ3n) is 4.72. The second-order valence-electron chi connectivity index (χ2n) is 7.71. The Morgan fingerprint density at radius 3 is 2.61 bits per heavy atom. The quantitative estimate of drug-likeness (QED) is 0.730. The standard InChI is InChI=1S/C19H27N5O4/c1-19(2,27)12-24-15-5-4-13(10-14(15)21-18(24)17(20)26)22(3)16(25)11-23-6-8-28-9-7-23/h4-5,10,27H,6-9,11-12H2,1-3H3,(H2,20,26). The van der Waals surface area contributed by atoms with Gasteiger partial charge in [0.25, 0.3) is 5.91 Å². The van der Waals surface area contributed by atoms with Crippen LogP contribution in [0.15, 0.2) is 18.2 Å². The Labute approximate surface area is 163 Å². The predicted molar refractivity (Wildman–Crippen MR) is 105 cm³/mol. The van der Waals surface area contributed by atoms with Gasteiger partial charge in [0, 0.05) is 25.8 Å². The number of nitrogens with zero attached hydrogens (tertiary/aromatic N) is 4. The fourth-order valence-corrected chi connectivity index (χ4v) is 3.26. The minimum absolute atomic E-state index is 0.0349. The zero-order chi connectivity index (χ0) is 20.5. The lowest BCUT2D eigenvalue weighted by molar-refractivity contribution is -0.120. The maximum atomic E-state index is 12.6. The summed E-state index contributed by atoms with van der Waals surface area (Å²) in [5.74, 6) is -0.623. The van der Waals surface area contributed by atoms with Crippen molar-refractivity contribution in [2.75, 3.05) is 44.8 Å². The fraction of sp³-hybridized carbons (Fsp3) is 0.526. The smallest absolute Gasteiger partial charge is 0.284 e. The Hall–Kier alpha value is -2.49. The van der Waals surface area contributed by atoms with Crippen LogP contribution in [0.3, 0.4) is 0 Å². The number of carbonyl (C=O) groups is 2. The van der Waals surface area contributed by atoms with Crippen LogP contribution in [-0.2, 0) is 16.1 Å². The largest absolute Gasteiger partial charge is 0.389 e. The number of anilines is 1. The SMILES string of the molecule is CN(C(=O)CN1CCOCC1)c1ccc2c(c1)nc(C(N)=O)n2CC(C)(C)O. The van der Waals surface area contributed by atoms with E-state index in [0.717, 1.165) is 13.1 Å². The lowest BCUT2D eigenvalue weighted by Crippen LogP contribution is -2.43. The van der Waals surface area contributed by atoms with E-state index in [9.17, 15) is 14.7 Å². The number of nitrogens with two attached hydrogens (primary N) is 1. The molecule has 1 aliphatic rings. The molecule has 28 heavy (non-hydrogen) atoms. The molecule has 1 aromatic heterocycles. The fourth-order valence-electron chi connectivity index (χ4n) is 3.26. The molecule has 1 saturated heterocycles. The highest BCUT2D eigenvalue weighted by Crippen LogP contribution is 2.24. The number of likely N-dealkylation sites (N-methyl/N-ethyl adjacent to an activating group) is 1. The van der Waals surface area contributed by atoms with Gasteiger partial charge in [-0.3, -0.25) is 14.5 Å². The summed E-state index contributed by atoms with van der Waals surface area (Å²) in [6.07, 6.45) is 0. The lowest BCUT2D eigenvalue weighted by Gasteiger charge is -2.28. The van der Waals surface area contributed by atoms with Crippen molar-refractivity contribution in [3.05, 3.63) is 24.0 Å². The van der Waals surface area contributed by atoms with Crippen LogP contribution in [-0.4, -0.2) is 76.9 Å². The van der Waals surface area contributed by atoms with E-state index in [1.165, 1.54) is 0 Å². The Kier molecular flexibility index (Phi) is 5.69. The highest BCUT2D eigenvalue weighted by molar-refractivity contribution is 5.98. The molecule has 1 aliphatic heterocycles. The van der Waals surface area contributed by atoms with Gasteiger partial charge in [-0.25, -0.2) is 4.98 Å². The van der Waals surface area contributed by atoms with Crippen molar-refractivity contribution >= 4 is 28.5 Å². The Balaban J connectivity index is 1.87. The van der Waals surface area contributed by atoms with Gasteiger partial charge in [0.15, 0.2) is 5.82 Å². The zero-order valence-corrected chi connectivity index (χ0v) is 16.5. The van der Waals surface area contributed by atoms with Crippen molar-refractivity contribution in [3.8, 4) is 0 Å². The van der Waals surface area contributed by atoms with Gasteiger partial charge < -0.3 is 25.0 Å². The number of ether oxygens (including phenoxy) is 1. The molecule has 2 aromatic rings. The zero-order valence-electron chi connectivity index (χ0n) is 16.5. The van der Waals surface area contributed by atoms with Gasteiger partial charge in [-0.2, -0.15) is 0 Å². The van der Waals surface area contributed by atoms with Crippen LogP contribution in [0.2, 0.25) is 0 Å². The maximum Gasteiger partial charge on any atom is 0.284 e. The minimum Gasteiger partial charge on any atom is -0.389 e. The second kappa shape index (κ2) is 7.86. The molecule has 0 unspecified atom stereocenters. The van der Waals surface area contributed by atoms with E-state index in [1.54, 1.807) is 48.6 Å². The number of imidazole rings is 1. The van der Waals surface area contributed by atoms with Gasteiger partial charge in [0.2, 0.25) is 5.91 Å². The van der Waals surface area contributed by atoms with Crippen molar-refractivity contribution in [3.63, 3.8) is 0 Å². The molecular formula is C19H27N5O4. The first-order valence-corrected chi connectivity index (χ1v) is 9.25. The van der Waals surface area contributed by atoms with E-state index in [0.29, 0.717) is 36.5 Å². The van der Waals surface area contributed by atoms with E-state index in [-0.39, 0.29) is 18.3 Å². The summed E-state index contributed by atoms with van der Waals surface area (Å²) in [6, 6.07) is 5.33. The summed E-state index contributed by atoms with van der Waals surface area (Å²) in [5, 5.41) is 10.2. The van der Waals surface area contributed by atoms with Crippen LogP contribution >= 0.6 is 0 Å². The van der Waals surface area contributed by atoms with Crippen molar-refractivity contribution in [1.82, 2.24) is 14.5 Å². The Morgan fingerprint density at radius 2 is 2.00 bits per heavy atom. The van der Waals surface area contributed by atoms with Gasteiger partial charge in [-0.1, -0.05) is 0 Å². The third kappa shape index (κ3) is 4.49. The van der Waals surface area contributed by atoms with E-state index < -0.39 is 11.5 Å². The molecule has 2 amide bonds. The molecule has 3 rings (SSSR count). The monoisotopic (exact) mass is 389 g/mol. The molecule has 3 N–H and O–H groups in total. The van der Waals surface area contributed by atoms with E-state index >= 15 is 0 Å². The summed E-state index contributed by atoms with van der Waals surface area (Å²) >= 11 is 0. The molecular weight excluding hydrogens is 362 g/mol. The van der Waals surface area contributed by atoms with Gasteiger partial charge in [-0.05, 0) is 32.0 Å². The van der Waals surface area contributed by atoms with Gasteiger partial charge >= 0.3 is 0 Å². The topological polar surface area (TPSA) is 114 Å². The molecule has 2 heterocycles. The third-order valence-corrected chi connectivity index (χ3v) is 4.72. The van der Waals surface area contributed by atoms with Crippen LogP contribution in [0.4, 0.5) is 5.69 Å². The first kappa shape index (κ1) is 20.2. The number of hydrogen-bond donors (Lipinski definition) is 2. The minimum atomic E-state index is -1.04. The maximum absolute atomic E-state index is 12.6. The molecule has 0 spiro atoms. The van der Waals surface area contributed by atoms with Crippen molar-refractivity contribution < 1.29 is 19.4 Å². The normalized spacial score (nSPS) is 15.7. The van der Waals surface area contributed by atoms with Crippen LogP contribution in [0.5, 0.6) is 0 Å². The molecule has 0 atom stereocenters. The first-order chi connectivity index (χ1) is 13.2. The number of aromatic nitrogens is 2. The number of amides is 2. The number of fused-ring (bicyclic) bond motifs is 1. The van der Waals surface area contributed by atoms with Crippen molar-refractivity contribution in [2.45, 2.75) is 26.0 Å². The number of hydrogen-bond acceptors (Lipinski definition) is 6. The lowest BCUT2D eigenvalue weighted by atomic mass is 10.1. The summed E-state index contributed by atoms with van der Waals surface area (Å²) in [4.78, 5) is 32.4. The molecule has 0 bridgehead atoms. The van der Waals surface area contributed by atoms with Gasteiger partial charge in [-0.15, -0.1) is 0 Å². The number of aliphatic hydroxyl groups is 1. The summed E-state index contributed by atoms with van der Waals surface area (Å²) in [6.45, 7) is 6.54.